The summed E-state index contributed by atoms with van der Waals surface area (Å²) < 4.78 is 5.39. The largest absolute Gasteiger partial charge is 0.469 e. The van der Waals surface area contributed by atoms with Gasteiger partial charge in [0.2, 0.25) is 0 Å². The number of nitriles is 1. The minimum absolute atomic E-state index is 0.0464. The van der Waals surface area contributed by atoms with Crippen molar-refractivity contribution >= 4 is 17.5 Å². The predicted octanol–water partition coefficient (Wildman–Crippen LogP) is 5.07. The van der Waals surface area contributed by atoms with Crippen molar-refractivity contribution < 1.29 is 19.1 Å². The molecule has 0 radical (unpaired) electrons. The maximum absolute atomic E-state index is 14.3. The number of allylic oxidation sites excluding steroid dienone is 3. The van der Waals surface area contributed by atoms with Gasteiger partial charge in [-0.25, -0.2) is 0 Å². The summed E-state index contributed by atoms with van der Waals surface area (Å²) in [5.41, 5.74) is 4.69. The third-order valence-electron chi connectivity index (χ3n) is 12.2. The van der Waals surface area contributed by atoms with Crippen molar-refractivity contribution in [1.82, 2.24) is 0 Å². The van der Waals surface area contributed by atoms with Gasteiger partial charge in [0.1, 0.15) is 6.07 Å². The first-order valence-corrected chi connectivity index (χ1v) is 13.9. The van der Waals surface area contributed by atoms with E-state index in [0.29, 0.717) is 0 Å². The fraction of sp³-hybridized carbons (Fsp3) is 0.742. The average molecular weight is 507 g/mol. The minimum atomic E-state index is -1.17. The summed E-state index contributed by atoms with van der Waals surface area (Å²) in [6, 6.07) is 2.09. The quantitative estimate of drug-likeness (QED) is 0.497. The van der Waals surface area contributed by atoms with Gasteiger partial charge in [-0.2, -0.15) is 5.26 Å². The Hall–Kier alpha value is -2.26. The van der Waals surface area contributed by atoms with Gasteiger partial charge in [-0.05, 0) is 86.0 Å². The molecule has 3 saturated carbocycles. The fourth-order valence-electron chi connectivity index (χ4n) is 9.95. The zero-order chi connectivity index (χ0) is 27.4. The molecule has 1 unspecified atom stereocenters. The van der Waals surface area contributed by atoms with Crippen LogP contribution in [-0.2, 0) is 19.1 Å². The molecule has 37 heavy (non-hydrogen) atoms. The maximum atomic E-state index is 14.3. The highest BCUT2D eigenvalue weighted by Crippen LogP contribution is 2.74. The van der Waals surface area contributed by atoms with Crippen LogP contribution in [0.1, 0.15) is 86.5 Å². The Morgan fingerprint density at radius 2 is 1.70 bits per heavy atom. The van der Waals surface area contributed by atoms with Gasteiger partial charge in [-0.1, -0.05) is 46.3 Å². The second kappa shape index (κ2) is 7.65. The van der Waals surface area contributed by atoms with Gasteiger partial charge in [-0.3, -0.25) is 14.4 Å². The first-order valence-electron chi connectivity index (χ1n) is 13.9. The second-order valence-electron chi connectivity index (χ2n) is 14.5. The van der Waals surface area contributed by atoms with E-state index in [9.17, 15) is 19.6 Å². The summed E-state index contributed by atoms with van der Waals surface area (Å²) in [7, 11) is 1.47. The molecule has 0 aromatic heterocycles. The Labute approximate surface area is 221 Å². The van der Waals surface area contributed by atoms with Crippen LogP contribution >= 0.6 is 0 Å². The van der Waals surface area contributed by atoms with Gasteiger partial charge in [-0.15, -0.1) is 0 Å². The fourth-order valence-corrected chi connectivity index (χ4v) is 9.95. The molecule has 5 aliphatic rings. The summed E-state index contributed by atoms with van der Waals surface area (Å²) in [6.45, 7) is 12.9. The van der Waals surface area contributed by atoms with E-state index in [1.54, 1.807) is 13.0 Å². The van der Waals surface area contributed by atoms with Crippen LogP contribution < -0.4 is 5.73 Å². The number of Topliss-reactive ketones (excluding diaryl/α,β-unsaturated/α-hetero) is 1. The Kier molecular flexibility index (Phi) is 5.45. The lowest BCUT2D eigenvalue weighted by atomic mass is 9.34. The van der Waals surface area contributed by atoms with E-state index >= 15 is 0 Å². The van der Waals surface area contributed by atoms with Crippen LogP contribution in [0.25, 0.3) is 0 Å². The molecule has 0 heterocycles. The van der Waals surface area contributed by atoms with Crippen LogP contribution in [0.5, 0.6) is 0 Å². The maximum Gasteiger partial charge on any atom is 0.312 e. The SMILES string of the molecule is COC(=O)[C@]12CCC(C)(C)C[C@H]1[C@H]1C(=O)C=C3[C@@]4(C)C=C(C#N)C(=O)[C@@](C)(N)C4CC[C@@]3(C)[C@]1(C)CC2. The first-order chi connectivity index (χ1) is 17.0. The Morgan fingerprint density at radius 1 is 1.05 bits per heavy atom. The van der Waals surface area contributed by atoms with Gasteiger partial charge in [0.05, 0.1) is 23.6 Å². The van der Waals surface area contributed by atoms with Crippen molar-refractivity contribution in [3.8, 4) is 6.07 Å². The number of hydrogen-bond donors (Lipinski definition) is 1. The van der Waals surface area contributed by atoms with Gasteiger partial charge in [0.25, 0.3) is 0 Å². The number of carbonyl (C=O) groups excluding carboxylic acids is 3. The monoisotopic (exact) mass is 506 g/mol. The number of methoxy groups -OCH3 is 1. The zero-order valence-electron chi connectivity index (χ0n) is 23.5. The highest BCUT2D eigenvalue weighted by molar-refractivity contribution is 6.07. The molecule has 0 saturated heterocycles. The number of ketones is 2. The minimum Gasteiger partial charge on any atom is -0.469 e. The molecule has 200 valence electrons. The summed E-state index contributed by atoms with van der Waals surface area (Å²) in [5, 5.41) is 9.81. The number of esters is 1. The number of nitrogens with zero attached hydrogens (tertiary/aromatic N) is 1. The number of hydrogen-bond acceptors (Lipinski definition) is 6. The number of ether oxygens (including phenoxy) is 1. The van der Waals surface area contributed by atoms with E-state index in [-0.39, 0.29) is 57.1 Å². The molecule has 0 aromatic carbocycles. The standard InChI is InChI=1S/C31H42N2O4/c1-26(2)10-12-31(25(36)37-7)13-11-29(5)23(19(31)16-26)20(34)14-22-27(3)15-18(17-32)24(35)30(6,33)21(27)8-9-28(22,29)4/h14-15,19,21,23H,8-13,16,33H2,1-7H3/t19-,21?,23-,27-,28+,29+,30-,31-/m0/s1. The molecule has 8 atom stereocenters. The first kappa shape index (κ1) is 26.4. The third kappa shape index (κ3) is 3.10. The lowest BCUT2D eigenvalue weighted by molar-refractivity contribution is -0.190. The van der Waals surface area contributed by atoms with Crippen molar-refractivity contribution in [1.29, 1.82) is 5.26 Å². The summed E-state index contributed by atoms with van der Waals surface area (Å²) in [4.78, 5) is 40.8. The smallest absolute Gasteiger partial charge is 0.312 e. The van der Waals surface area contributed by atoms with E-state index < -0.39 is 16.4 Å². The van der Waals surface area contributed by atoms with Crippen LogP contribution in [-0.4, -0.2) is 30.2 Å². The number of fused-ring (bicyclic) bond motifs is 7. The van der Waals surface area contributed by atoms with Gasteiger partial charge in [0.15, 0.2) is 11.6 Å². The van der Waals surface area contributed by atoms with Crippen LogP contribution in [0.2, 0.25) is 0 Å². The van der Waals surface area contributed by atoms with Gasteiger partial charge in [0, 0.05) is 11.3 Å². The molecule has 6 nitrogen and oxygen atoms in total. The predicted molar refractivity (Wildman–Crippen MR) is 140 cm³/mol. The summed E-state index contributed by atoms with van der Waals surface area (Å²) in [6.07, 6.45) is 9.20. The van der Waals surface area contributed by atoms with Crippen LogP contribution in [0.3, 0.4) is 0 Å². The molecule has 0 aliphatic heterocycles. The molecule has 0 spiro atoms. The zero-order valence-corrected chi connectivity index (χ0v) is 23.5. The number of carbonyl (C=O) groups is 3. The molecule has 2 N–H and O–H groups in total. The molecule has 3 fully saturated rings. The van der Waals surface area contributed by atoms with Crippen LogP contribution in [0, 0.1) is 56.2 Å². The topological polar surface area (TPSA) is 110 Å². The lowest BCUT2D eigenvalue weighted by Gasteiger charge is -2.68. The lowest BCUT2D eigenvalue weighted by Crippen LogP contribution is -2.68. The van der Waals surface area contributed by atoms with E-state index in [1.807, 2.05) is 6.08 Å². The second-order valence-corrected chi connectivity index (χ2v) is 14.5. The van der Waals surface area contributed by atoms with Gasteiger partial charge < -0.3 is 10.5 Å². The Balaban J connectivity index is 1.71. The molecule has 0 amide bonds. The highest BCUT2D eigenvalue weighted by atomic mass is 16.5. The normalized spacial score (nSPS) is 48.2. The summed E-state index contributed by atoms with van der Waals surface area (Å²) >= 11 is 0. The van der Waals surface area contributed by atoms with Crippen LogP contribution in [0.15, 0.2) is 23.3 Å². The average Bonchev–Trinajstić information content (AvgIpc) is 2.82. The highest BCUT2D eigenvalue weighted by Gasteiger charge is 2.71. The van der Waals surface area contributed by atoms with Gasteiger partial charge >= 0.3 is 5.97 Å². The van der Waals surface area contributed by atoms with E-state index in [0.717, 1.165) is 50.5 Å². The number of nitrogens with two attached hydrogens (primary N) is 1. The Morgan fingerprint density at radius 3 is 2.32 bits per heavy atom. The van der Waals surface area contributed by atoms with E-state index in [2.05, 4.69) is 40.7 Å². The van der Waals surface area contributed by atoms with Crippen molar-refractivity contribution in [3.63, 3.8) is 0 Å². The van der Waals surface area contributed by atoms with Crippen molar-refractivity contribution in [3.05, 3.63) is 23.3 Å². The number of rotatable bonds is 1. The Bertz CT molecular complexity index is 1200. The molecule has 5 rings (SSSR count). The summed E-state index contributed by atoms with van der Waals surface area (Å²) in [5.74, 6) is -0.934. The molecule has 5 aliphatic carbocycles. The van der Waals surface area contributed by atoms with Crippen LogP contribution in [0.4, 0.5) is 0 Å². The third-order valence-corrected chi connectivity index (χ3v) is 12.2. The molecule has 0 aromatic rings. The molecular formula is C31H42N2O4. The molecule has 6 heteroatoms. The molecular weight excluding hydrogens is 464 g/mol. The van der Waals surface area contributed by atoms with Crippen molar-refractivity contribution in [2.45, 2.75) is 92.0 Å². The van der Waals surface area contributed by atoms with E-state index in [4.69, 9.17) is 10.5 Å². The van der Waals surface area contributed by atoms with E-state index in [1.165, 1.54) is 7.11 Å². The van der Waals surface area contributed by atoms with Crippen molar-refractivity contribution in [2.75, 3.05) is 7.11 Å². The van der Waals surface area contributed by atoms with Crippen molar-refractivity contribution in [2.24, 2.45) is 50.6 Å². The molecule has 0 bridgehead atoms.